The van der Waals surface area contributed by atoms with Gasteiger partial charge in [0.2, 0.25) is 0 Å². The standard InChI is InChI=1S/C11H20O2.Ni/c1-2-3-4-5-6-7-8-9-10-11(12)13;/h2-3H,4-10H2,1H3,(H,12,13);/q;+2/p-1/b3-2+;. The molecule has 0 saturated heterocycles. The van der Waals surface area contributed by atoms with Crippen molar-refractivity contribution in [2.75, 3.05) is 0 Å². The molecule has 0 aliphatic rings. The third-order valence-corrected chi connectivity index (χ3v) is 1.99. The molecular formula is C11H19NiO2+. The van der Waals surface area contributed by atoms with Crippen LogP contribution in [0.3, 0.4) is 0 Å². The minimum atomic E-state index is -0.922. The third kappa shape index (κ3) is 14.2. The number of aliphatic carboxylic acids is 1. The second-order valence-corrected chi connectivity index (χ2v) is 3.25. The van der Waals surface area contributed by atoms with E-state index >= 15 is 0 Å². The van der Waals surface area contributed by atoms with Crippen molar-refractivity contribution in [1.29, 1.82) is 0 Å². The van der Waals surface area contributed by atoms with Gasteiger partial charge in [0, 0.05) is 5.97 Å². The minimum Gasteiger partial charge on any atom is -0.550 e. The van der Waals surface area contributed by atoms with Crippen LogP contribution in [-0.2, 0) is 21.3 Å². The number of carbonyl (C=O) groups excluding carboxylic acids is 1. The number of unbranched alkanes of at least 4 members (excludes halogenated alkanes) is 5. The first-order valence-electron chi connectivity index (χ1n) is 5.08. The molecular weight excluding hydrogens is 223 g/mol. The van der Waals surface area contributed by atoms with E-state index in [2.05, 4.69) is 12.2 Å². The van der Waals surface area contributed by atoms with Gasteiger partial charge >= 0.3 is 16.5 Å². The Morgan fingerprint density at radius 2 is 1.71 bits per heavy atom. The minimum absolute atomic E-state index is 0. The van der Waals surface area contributed by atoms with Gasteiger partial charge in [0.1, 0.15) is 0 Å². The van der Waals surface area contributed by atoms with Crippen LogP contribution in [0.2, 0.25) is 0 Å². The zero-order valence-corrected chi connectivity index (χ0v) is 9.72. The fraction of sp³-hybridized carbons (Fsp3) is 0.727. The van der Waals surface area contributed by atoms with Crippen LogP contribution in [0.4, 0.5) is 0 Å². The Morgan fingerprint density at radius 3 is 2.29 bits per heavy atom. The summed E-state index contributed by atoms with van der Waals surface area (Å²) >= 11 is 0. The second-order valence-electron chi connectivity index (χ2n) is 3.25. The van der Waals surface area contributed by atoms with Crippen molar-refractivity contribution in [3.8, 4) is 0 Å². The summed E-state index contributed by atoms with van der Waals surface area (Å²) in [7, 11) is 0. The van der Waals surface area contributed by atoms with E-state index in [0.717, 1.165) is 25.7 Å². The fourth-order valence-corrected chi connectivity index (χ4v) is 1.23. The molecule has 0 aliphatic heterocycles. The summed E-state index contributed by atoms with van der Waals surface area (Å²) in [5, 5.41) is 10.1. The Morgan fingerprint density at radius 1 is 1.14 bits per heavy atom. The normalized spacial score (nSPS) is 10.1. The molecule has 0 rings (SSSR count). The SMILES string of the molecule is C/C=C/CCCCCCCC(=O)[O-].[Ni+2]. The van der Waals surface area contributed by atoms with Crippen LogP contribution in [0, 0.1) is 0 Å². The van der Waals surface area contributed by atoms with E-state index in [1.54, 1.807) is 0 Å². The molecule has 0 aliphatic carbocycles. The molecule has 0 saturated carbocycles. The van der Waals surface area contributed by atoms with Gasteiger partial charge in [-0.1, -0.05) is 31.4 Å². The molecule has 0 radical (unpaired) electrons. The first-order valence-corrected chi connectivity index (χ1v) is 5.08. The zero-order chi connectivity index (χ0) is 9.94. The Bertz CT molecular complexity index is 155. The summed E-state index contributed by atoms with van der Waals surface area (Å²) in [5.74, 6) is -0.922. The number of carbonyl (C=O) groups is 1. The Hall–Kier alpha value is -0.296. The van der Waals surface area contributed by atoms with Crippen molar-refractivity contribution in [3.63, 3.8) is 0 Å². The van der Waals surface area contributed by atoms with Crippen molar-refractivity contribution >= 4 is 5.97 Å². The van der Waals surface area contributed by atoms with Crippen molar-refractivity contribution in [1.82, 2.24) is 0 Å². The maximum atomic E-state index is 10.1. The Balaban J connectivity index is 0. The van der Waals surface area contributed by atoms with Gasteiger partial charge < -0.3 is 9.90 Å². The van der Waals surface area contributed by atoms with Gasteiger partial charge in [-0.15, -0.1) is 0 Å². The smallest absolute Gasteiger partial charge is 0.550 e. The summed E-state index contributed by atoms with van der Waals surface area (Å²) in [6.07, 6.45) is 11.0. The van der Waals surface area contributed by atoms with Crippen molar-refractivity contribution in [2.24, 2.45) is 0 Å². The topological polar surface area (TPSA) is 40.1 Å². The quantitative estimate of drug-likeness (QED) is 0.371. The van der Waals surface area contributed by atoms with E-state index in [4.69, 9.17) is 0 Å². The maximum Gasteiger partial charge on any atom is 2.00 e. The number of allylic oxidation sites excluding steroid dienone is 2. The number of rotatable bonds is 8. The number of hydrogen-bond acceptors (Lipinski definition) is 2. The van der Waals surface area contributed by atoms with Gasteiger partial charge in [-0.25, -0.2) is 0 Å². The average molecular weight is 242 g/mol. The summed E-state index contributed by atoms with van der Waals surface area (Å²) in [6.45, 7) is 2.03. The van der Waals surface area contributed by atoms with Crippen LogP contribution < -0.4 is 5.11 Å². The molecule has 3 heteroatoms. The summed E-state index contributed by atoms with van der Waals surface area (Å²) in [4.78, 5) is 10.1. The van der Waals surface area contributed by atoms with Gasteiger partial charge in [-0.05, 0) is 32.6 Å². The molecule has 0 N–H and O–H groups in total. The molecule has 0 atom stereocenters. The van der Waals surface area contributed by atoms with E-state index in [9.17, 15) is 9.90 Å². The van der Waals surface area contributed by atoms with Crippen LogP contribution >= 0.6 is 0 Å². The molecule has 0 bridgehead atoms. The van der Waals surface area contributed by atoms with Crippen LogP contribution in [0.25, 0.3) is 0 Å². The average Bonchev–Trinajstić information content (AvgIpc) is 2.09. The maximum absolute atomic E-state index is 10.1. The van der Waals surface area contributed by atoms with Crippen LogP contribution in [0.15, 0.2) is 12.2 Å². The van der Waals surface area contributed by atoms with Gasteiger partial charge in [-0.2, -0.15) is 0 Å². The van der Waals surface area contributed by atoms with E-state index in [1.165, 1.54) is 12.8 Å². The third-order valence-electron chi connectivity index (χ3n) is 1.99. The predicted molar refractivity (Wildman–Crippen MR) is 52.1 cm³/mol. The molecule has 84 valence electrons. The first kappa shape index (κ1) is 16.1. The van der Waals surface area contributed by atoms with Gasteiger partial charge in [0.15, 0.2) is 0 Å². The molecule has 14 heavy (non-hydrogen) atoms. The number of carboxylic acids is 1. The van der Waals surface area contributed by atoms with E-state index in [0.29, 0.717) is 0 Å². The summed E-state index contributed by atoms with van der Waals surface area (Å²) in [6, 6.07) is 0. The monoisotopic (exact) mass is 241 g/mol. The molecule has 0 aromatic heterocycles. The number of hydrogen-bond donors (Lipinski definition) is 0. The summed E-state index contributed by atoms with van der Waals surface area (Å²) in [5.41, 5.74) is 0. The Labute approximate surface area is 96.7 Å². The number of carboxylic acid groups (broad SMARTS) is 1. The van der Waals surface area contributed by atoms with Crippen LogP contribution in [0.1, 0.15) is 51.9 Å². The van der Waals surface area contributed by atoms with Crippen LogP contribution in [-0.4, -0.2) is 5.97 Å². The second kappa shape index (κ2) is 12.7. The van der Waals surface area contributed by atoms with Crippen LogP contribution in [0.5, 0.6) is 0 Å². The zero-order valence-electron chi connectivity index (χ0n) is 8.74. The largest absolute Gasteiger partial charge is 2.00 e. The molecule has 0 fully saturated rings. The predicted octanol–water partition coefficient (Wildman–Crippen LogP) is 2.04. The molecule has 0 unspecified atom stereocenters. The molecule has 0 amide bonds. The fourth-order valence-electron chi connectivity index (χ4n) is 1.23. The van der Waals surface area contributed by atoms with Crippen molar-refractivity contribution < 1.29 is 26.4 Å². The van der Waals surface area contributed by atoms with E-state index in [-0.39, 0.29) is 22.9 Å². The molecule has 2 nitrogen and oxygen atoms in total. The first-order chi connectivity index (χ1) is 6.27. The molecule has 0 heterocycles. The molecule has 0 spiro atoms. The van der Waals surface area contributed by atoms with E-state index in [1.807, 2.05) is 6.92 Å². The van der Waals surface area contributed by atoms with E-state index < -0.39 is 5.97 Å². The van der Waals surface area contributed by atoms with Crippen molar-refractivity contribution in [3.05, 3.63) is 12.2 Å². The van der Waals surface area contributed by atoms with Gasteiger partial charge in [0.25, 0.3) is 0 Å². The molecule has 0 aromatic carbocycles. The summed E-state index contributed by atoms with van der Waals surface area (Å²) < 4.78 is 0. The van der Waals surface area contributed by atoms with Gasteiger partial charge in [-0.3, -0.25) is 0 Å². The molecule has 0 aromatic rings. The van der Waals surface area contributed by atoms with Gasteiger partial charge in [0.05, 0.1) is 0 Å². The Kier molecular flexibility index (Phi) is 14.7. The van der Waals surface area contributed by atoms with Crippen molar-refractivity contribution in [2.45, 2.75) is 51.9 Å².